The molecule has 0 bridgehead atoms. The van der Waals surface area contributed by atoms with E-state index in [9.17, 15) is 4.79 Å². The Morgan fingerprint density at radius 1 is 1.32 bits per heavy atom. The Bertz CT molecular complexity index is 952. The number of benzene rings is 1. The van der Waals surface area contributed by atoms with E-state index in [4.69, 9.17) is 18.7 Å². The van der Waals surface area contributed by atoms with Crippen molar-refractivity contribution in [2.75, 3.05) is 32.3 Å². The molecule has 1 fully saturated rings. The molecule has 1 aromatic carbocycles. The summed E-state index contributed by atoms with van der Waals surface area (Å²) in [7, 11) is 3.19. The molecule has 28 heavy (non-hydrogen) atoms. The third-order valence-corrected chi connectivity index (χ3v) is 5.72. The lowest BCUT2D eigenvalue weighted by molar-refractivity contribution is 0.0887. The third kappa shape index (κ3) is 3.43. The monoisotopic (exact) mass is 403 g/mol. The van der Waals surface area contributed by atoms with Crippen LogP contribution in [0.25, 0.3) is 10.2 Å². The van der Waals surface area contributed by atoms with E-state index >= 15 is 0 Å². The highest BCUT2D eigenvalue weighted by Crippen LogP contribution is 2.40. The standard InChI is InChI=1S/C19H21N3O5S/c1-11-9-15(27-21-11)18(23)22(10-12-5-4-8-26-12)19-20-16-13(24-2)6-7-14(25-3)17(16)28-19/h6-7,9,12H,4-5,8,10H2,1-3H3/t12-/m1/s1. The maximum atomic E-state index is 13.2. The maximum Gasteiger partial charge on any atom is 0.298 e. The van der Waals surface area contributed by atoms with E-state index in [1.165, 1.54) is 11.3 Å². The zero-order chi connectivity index (χ0) is 19.7. The highest BCUT2D eigenvalue weighted by Gasteiger charge is 2.30. The van der Waals surface area contributed by atoms with Gasteiger partial charge in [-0.3, -0.25) is 9.69 Å². The lowest BCUT2D eigenvalue weighted by Crippen LogP contribution is -2.37. The predicted molar refractivity (Wildman–Crippen MR) is 105 cm³/mol. The molecule has 1 amide bonds. The predicted octanol–water partition coefficient (Wildman–Crippen LogP) is 3.44. The van der Waals surface area contributed by atoms with Crippen LogP contribution in [0.5, 0.6) is 11.5 Å². The zero-order valence-corrected chi connectivity index (χ0v) is 16.7. The summed E-state index contributed by atoms with van der Waals surface area (Å²) < 4.78 is 22.7. The maximum absolute atomic E-state index is 13.2. The van der Waals surface area contributed by atoms with E-state index in [0.29, 0.717) is 41.0 Å². The summed E-state index contributed by atoms with van der Waals surface area (Å²) in [6, 6.07) is 5.26. The van der Waals surface area contributed by atoms with Crippen LogP contribution in [0.3, 0.4) is 0 Å². The van der Waals surface area contributed by atoms with Crippen molar-refractivity contribution in [3.8, 4) is 11.5 Å². The SMILES string of the molecule is COc1ccc(OC)c2sc(N(C[C@H]3CCCO3)C(=O)c3cc(C)no3)nc12. The van der Waals surface area contributed by atoms with Crippen LogP contribution < -0.4 is 14.4 Å². The van der Waals surface area contributed by atoms with Gasteiger partial charge in [0, 0.05) is 12.7 Å². The van der Waals surface area contributed by atoms with E-state index < -0.39 is 0 Å². The van der Waals surface area contributed by atoms with E-state index in [1.807, 2.05) is 6.07 Å². The Morgan fingerprint density at radius 3 is 2.75 bits per heavy atom. The molecule has 0 spiro atoms. The molecule has 0 aliphatic carbocycles. The number of carbonyl (C=O) groups is 1. The van der Waals surface area contributed by atoms with Crippen molar-refractivity contribution in [3.63, 3.8) is 0 Å². The van der Waals surface area contributed by atoms with Gasteiger partial charge in [0.1, 0.15) is 21.7 Å². The largest absolute Gasteiger partial charge is 0.495 e. The molecule has 1 atom stereocenters. The molecule has 4 rings (SSSR count). The highest BCUT2D eigenvalue weighted by molar-refractivity contribution is 7.22. The average molecular weight is 403 g/mol. The molecule has 2 aromatic heterocycles. The molecule has 1 saturated heterocycles. The number of hydrogen-bond donors (Lipinski definition) is 0. The summed E-state index contributed by atoms with van der Waals surface area (Å²) in [6.07, 6.45) is 1.84. The van der Waals surface area contributed by atoms with Crippen LogP contribution in [0, 0.1) is 6.92 Å². The minimum Gasteiger partial charge on any atom is -0.495 e. The summed E-state index contributed by atoms with van der Waals surface area (Å²) in [5.74, 6) is 1.18. The first-order valence-corrected chi connectivity index (χ1v) is 9.80. The molecule has 8 nitrogen and oxygen atoms in total. The van der Waals surface area contributed by atoms with Gasteiger partial charge in [-0.2, -0.15) is 0 Å². The number of aromatic nitrogens is 2. The quantitative estimate of drug-likeness (QED) is 0.623. The van der Waals surface area contributed by atoms with Crippen molar-refractivity contribution >= 4 is 32.6 Å². The van der Waals surface area contributed by atoms with Crippen LogP contribution in [0.1, 0.15) is 29.1 Å². The van der Waals surface area contributed by atoms with E-state index in [-0.39, 0.29) is 17.8 Å². The summed E-state index contributed by atoms with van der Waals surface area (Å²) >= 11 is 1.37. The Morgan fingerprint density at radius 2 is 2.11 bits per heavy atom. The van der Waals surface area contributed by atoms with Gasteiger partial charge in [-0.1, -0.05) is 16.5 Å². The number of ether oxygens (including phenoxy) is 3. The summed E-state index contributed by atoms with van der Waals surface area (Å²) in [5, 5.41) is 4.37. The number of thiazole rings is 1. The summed E-state index contributed by atoms with van der Waals surface area (Å²) in [4.78, 5) is 19.5. The van der Waals surface area contributed by atoms with Gasteiger partial charge in [-0.05, 0) is 31.9 Å². The first-order valence-electron chi connectivity index (χ1n) is 8.99. The first-order chi connectivity index (χ1) is 13.6. The van der Waals surface area contributed by atoms with Gasteiger partial charge < -0.3 is 18.7 Å². The minimum absolute atomic E-state index is 0.0382. The molecule has 0 saturated carbocycles. The second-order valence-electron chi connectivity index (χ2n) is 6.53. The number of nitrogens with zero attached hydrogens (tertiary/aromatic N) is 3. The van der Waals surface area contributed by atoms with Crippen LogP contribution in [0.15, 0.2) is 22.7 Å². The fraction of sp³-hybridized carbons (Fsp3) is 0.421. The van der Waals surface area contributed by atoms with E-state index in [1.54, 1.807) is 38.2 Å². The lowest BCUT2D eigenvalue weighted by atomic mass is 10.2. The molecular formula is C19H21N3O5S. The molecule has 0 N–H and O–H groups in total. The topological polar surface area (TPSA) is 86.9 Å². The van der Waals surface area contributed by atoms with Crippen LogP contribution in [-0.4, -0.2) is 49.5 Å². The second-order valence-corrected chi connectivity index (χ2v) is 7.51. The minimum atomic E-state index is -0.298. The number of anilines is 1. The first kappa shape index (κ1) is 18.7. The normalized spacial score (nSPS) is 16.5. The smallest absolute Gasteiger partial charge is 0.298 e. The van der Waals surface area contributed by atoms with Crippen molar-refractivity contribution in [3.05, 3.63) is 29.7 Å². The lowest BCUT2D eigenvalue weighted by Gasteiger charge is -2.21. The van der Waals surface area contributed by atoms with Gasteiger partial charge in [0.05, 0.1) is 32.6 Å². The number of carbonyl (C=O) groups excluding carboxylic acids is 1. The fourth-order valence-corrected chi connectivity index (χ4v) is 4.31. The molecule has 1 aliphatic heterocycles. The van der Waals surface area contributed by atoms with Gasteiger partial charge in [0.25, 0.3) is 5.91 Å². The Kier molecular flexibility index (Phi) is 5.19. The molecule has 148 valence electrons. The molecule has 3 heterocycles. The highest BCUT2D eigenvalue weighted by atomic mass is 32.1. The van der Waals surface area contributed by atoms with Gasteiger partial charge >= 0.3 is 0 Å². The molecule has 0 radical (unpaired) electrons. The number of rotatable bonds is 6. The molecule has 3 aromatic rings. The number of fused-ring (bicyclic) bond motifs is 1. The van der Waals surface area contributed by atoms with Crippen LogP contribution in [0.4, 0.5) is 5.13 Å². The van der Waals surface area contributed by atoms with Crippen molar-refractivity contribution in [1.82, 2.24) is 10.1 Å². The number of hydrogen-bond acceptors (Lipinski definition) is 8. The Balaban J connectivity index is 1.77. The number of amides is 1. The van der Waals surface area contributed by atoms with Crippen molar-refractivity contribution in [2.24, 2.45) is 0 Å². The average Bonchev–Trinajstić information content (AvgIpc) is 3.45. The van der Waals surface area contributed by atoms with Crippen molar-refractivity contribution in [2.45, 2.75) is 25.9 Å². The van der Waals surface area contributed by atoms with E-state index in [2.05, 4.69) is 10.1 Å². The van der Waals surface area contributed by atoms with Gasteiger partial charge in [0.15, 0.2) is 5.13 Å². The number of aryl methyl sites for hydroxylation is 1. The summed E-state index contributed by atoms with van der Waals surface area (Å²) in [6.45, 7) is 2.87. The molecular weight excluding hydrogens is 382 g/mol. The molecule has 9 heteroatoms. The van der Waals surface area contributed by atoms with Crippen LogP contribution >= 0.6 is 11.3 Å². The summed E-state index contributed by atoms with van der Waals surface area (Å²) in [5.41, 5.74) is 1.30. The second kappa shape index (κ2) is 7.76. The number of methoxy groups -OCH3 is 2. The van der Waals surface area contributed by atoms with Gasteiger partial charge in [0.2, 0.25) is 5.76 Å². The van der Waals surface area contributed by atoms with Crippen LogP contribution in [0.2, 0.25) is 0 Å². The zero-order valence-electron chi connectivity index (χ0n) is 15.9. The fourth-order valence-electron chi connectivity index (χ4n) is 3.23. The van der Waals surface area contributed by atoms with Gasteiger partial charge in [-0.15, -0.1) is 0 Å². The Hall–Kier alpha value is -2.65. The van der Waals surface area contributed by atoms with Crippen molar-refractivity contribution < 1.29 is 23.5 Å². The molecule has 1 aliphatic rings. The van der Waals surface area contributed by atoms with E-state index in [0.717, 1.165) is 17.5 Å². The van der Waals surface area contributed by atoms with Gasteiger partial charge in [-0.25, -0.2) is 4.98 Å². The molecule has 0 unspecified atom stereocenters. The van der Waals surface area contributed by atoms with Crippen LogP contribution in [-0.2, 0) is 4.74 Å². The third-order valence-electron chi connectivity index (χ3n) is 4.62. The Labute approximate surface area is 166 Å². The van der Waals surface area contributed by atoms with Crippen molar-refractivity contribution in [1.29, 1.82) is 0 Å².